The second-order valence-electron chi connectivity index (χ2n) is 5.56. The zero-order valence-corrected chi connectivity index (χ0v) is 13.1. The quantitative estimate of drug-likeness (QED) is 0.920. The van der Waals surface area contributed by atoms with E-state index < -0.39 is 0 Å². The number of hydrogen-bond donors (Lipinski definition) is 1. The summed E-state index contributed by atoms with van der Waals surface area (Å²) in [6.45, 7) is 2.33. The Morgan fingerprint density at radius 3 is 2.55 bits per heavy atom. The Bertz CT molecular complexity index is 655. The Hall–Kier alpha value is -2.20. The molecule has 1 N–H and O–H groups in total. The van der Waals surface area contributed by atoms with Crippen LogP contribution < -0.4 is 5.32 Å². The number of amides is 1. The van der Waals surface area contributed by atoms with Gasteiger partial charge >= 0.3 is 0 Å². The Labute approximate surface area is 130 Å². The van der Waals surface area contributed by atoms with Gasteiger partial charge in [-0.25, -0.2) is 4.39 Å². The van der Waals surface area contributed by atoms with Crippen LogP contribution in [0.15, 0.2) is 48.5 Å². The zero-order valence-electron chi connectivity index (χ0n) is 13.1. The fourth-order valence-corrected chi connectivity index (χ4v) is 2.42. The monoisotopic (exact) mass is 300 g/mol. The molecule has 0 radical (unpaired) electrons. The Kier molecular flexibility index (Phi) is 5.28. The van der Waals surface area contributed by atoms with Crippen molar-refractivity contribution in [2.24, 2.45) is 0 Å². The minimum absolute atomic E-state index is 0.0799. The van der Waals surface area contributed by atoms with E-state index >= 15 is 0 Å². The largest absolute Gasteiger partial charge is 0.350 e. The van der Waals surface area contributed by atoms with Crippen molar-refractivity contribution in [1.29, 1.82) is 0 Å². The summed E-state index contributed by atoms with van der Waals surface area (Å²) in [5.41, 5.74) is 2.45. The molecule has 0 fully saturated rings. The van der Waals surface area contributed by atoms with Gasteiger partial charge in [-0.1, -0.05) is 30.3 Å². The van der Waals surface area contributed by atoms with Crippen molar-refractivity contribution in [1.82, 2.24) is 10.2 Å². The Morgan fingerprint density at radius 2 is 1.91 bits per heavy atom. The van der Waals surface area contributed by atoms with E-state index in [1.807, 2.05) is 50.2 Å². The first-order valence-electron chi connectivity index (χ1n) is 7.24. The molecule has 0 aliphatic rings. The molecular weight excluding hydrogens is 279 g/mol. The van der Waals surface area contributed by atoms with Crippen molar-refractivity contribution in [3.05, 3.63) is 71.0 Å². The van der Waals surface area contributed by atoms with Crippen molar-refractivity contribution < 1.29 is 9.18 Å². The number of aryl methyl sites for hydroxylation is 1. The number of benzene rings is 2. The van der Waals surface area contributed by atoms with Crippen molar-refractivity contribution in [2.45, 2.75) is 13.0 Å². The molecule has 22 heavy (non-hydrogen) atoms. The van der Waals surface area contributed by atoms with Gasteiger partial charge in [0.05, 0.1) is 6.04 Å². The summed E-state index contributed by atoms with van der Waals surface area (Å²) in [5.74, 6) is -0.379. The number of nitrogens with zero attached hydrogens (tertiary/aromatic N) is 1. The smallest absolute Gasteiger partial charge is 0.251 e. The average Bonchev–Trinajstić information content (AvgIpc) is 2.47. The van der Waals surface area contributed by atoms with Gasteiger partial charge in [0.15, 0.2) is 0 Å². The Balaban J connectivity index is 2.10. The summed E-state index contributed by atoms with van der Waals surface area (Å²) < 4.78 is 13.4. The molecule has 0 spiro atoms. The van der Waals surface area contributed by atoms with E-state index in [4.69, 9.17) is 0 Å². The third-order valence-corrected chi connectivity index (χ3v) is 3.70. The molecule has 0 saturated heterocycles. The van der Waals surface area contributed by atoms with Gasteiger partial charge in [0.1, 0.15) is 5.82 Å². The molecule has 0 aliphatic heterocycles. The summed E-state index contributed by atoms with van der Waals surface area (Å²) in [5, 5.41) is 2.94. The predicted octanol–water partition coefficient (Wildman–Crippen LogP) is 3.17. The van der Waals surface area contributed by atoms with Gasteiger partial charge in [-0.3, -0.25) is 4.79 Å². The molecule has 0 bridgehead atoms. The highest BCUT2D eigenvalue weighted by Gasteiger charge is 2.17. The molecule has 0 heterocycles. The maximum Gasteiger partial charge on any atom is 0.251 e. The van der Waals surface area contributed by atoms with Gasteiger partial charge in [0.25, 0.3) is 5.91 Å². The van der Waals surface area contributed by atoms with Gasteiger partial charge in [-0.15, -0.1) is 0 Å². The predicted molar refractivity (Wildman–Crippen MR) is 86.3 cm³/mol. The molecule has 1 amide bonds. The highest BCUT2D eigenvalue weighted by atomic mass is 19.1. The van der Waals surface area contributed by atoms with Gasteiger partial charge in [0.2, 0.25) is 0 Å². The van der Waals surface area contributed by atoms with E-state index in [2.05, 4.69) is 5.32 Å². The average molecular weight is 300 g/mol. The van der Waals surface area contributed by atoms with Gasteiger partial charge in [0, 0.05) is 12.1 Å². The summed E-state index contributed by atoms with van der Waals surface area (Å²) in [7, 11) is 3.82. The van der Waals surface area contributed by atoms with Crippen LogP contribution >= 0.6 is 0 Å². The summed E-state index contributed by atoms with van der Waals surface area (Å²) in [4.78, 5) is 14.3. The summed E-state index contributed by atoms with van der Waals surface area (Å²) >= 11 is 0. The molecule has 1 unspecified atom stereocenters. The lowest BCUT2D eigenvalue weighted by Crippen LogP contribution is -2.34. The summed E-state index contributed by atoms with van der Waals surface area (Å²) in [6, 6.07) is 13.9. The second kappa shape index (κ2) is 7.18. The third kappa shape index (κ3) is 3.92. The fourth-order valence-electron chi connectivity index (χ4n) is 2.42. The van der Waals surface area contributed by atoms with Crippen LogP contribution in [-0.2, 0) is 0 Å². The lowest BCUT2D eigenvalue weighted by atomic mass is 10.0. The van der Waals surface area contributed by atoms with Crippen molar-refractivity contribution in [3.63, 3.8) is 0 Å². The van der Waals surface area contributed by atoms with E-state index in [-0.39, 0.29) is 17.8 Å². The number of halogens is 1. The minimum atomic E-state index is -0.269. The van der Waals surface area contributed by atoms with Crippen LogP contribution in [0, 0.1) is 12.7 Å². The number of likely N-dealkylation sites (N-methyl/N-ethyl adjacent to an activating group) is 1. The second-order valence-corrected chi connectivity index (χ2v) is 5.56. The van der Waals surface area contributed by atoms with E-state index in [0.717, 1.165) is 11.1 Å². The molecule has 0 aromatic heterocycles. The first kappa shape index (κ1) is 16.2. The zero-order chi connectivity index (χ0) is 16.1. The molecule has 4 heteroatoms. The van der Waals surface area contributed by atoms with E-state index in [1.165, 1.54) is 12.1 Å². The topological polar surface area (TPSA) is 32.3 Å². The third-order valence-electron chi connectivity index (χ3n) is 3.70. The van der Waals surface area contributed by atoms with E-state index in [9.17, 15) is 9.18 Å². The summed E-state index contributed by atoms with van der Waals surface area (Å²) in [6.07, 6.45) is 0. The van der Waals surface area contributed by atoms with Crippen molar-refractivity contribution in [3.8, 4) is 0 Å². The lowest BCUT2D eigenvalue weighted by Gasteiger charge is -2.25. The van der Waals surface area contributed by atoms with Crippen LogP contribution in [0.2, 0.25) is 0 Å². The Morgan fingerprint density at radius 1 is 1.18 bits per heavy atom. The van der Waals surface area contributed by atoms with E-state index in [1.54, 1.807) is 12.1 Å². The van der Waals surface area contributed by atoms with Crippen LogP contribution in [0.4, 0.5) is 4.39 Å². The number of carbonyl (C=O) groups is 1. The normalized spacial score (nSPS) is 12.2. The van der Waals surface area contributed by atoms with Crippen molar-refractivity contribution in [2.75, 3.05) is 20.6 Å². The van der Waals surface area contributed by atoms with E-state index in [0.29, 0.717) is 12.1 Å². The molecule has 2 rings (SSSR count). The highest BCUT2D eigenvalue weighted by molar-refractivity contribution is 5.95. The maximum atomic E-state index is 13.4. The molecule has 2 aromatic rings. The molecule has 2 aromatic carbocycles. The number of carbonyl (C=O) groups excluding carboxylic acids is 1. The molecule has 3 nitrogen and oxygen atoms in total. The number of rotatable bonds is 5. The van der Waals surface area contributed by atoms with Crippen LogP contribution in [0.25, 0.3) is 0 Å². The first-order chi connectivity index (χ1) is 10.5. The molecule has 1 atom stereocenters. The van der Waals surface area contributed by atoms with Crippen LogP contribution in [0.5, 0.6) is 0 Å². The maximum absolute atomic E-state index is 13.4. The molecular formula is C18H21FN2O. The van der Waals surface area contributed by atoms with Crippen LogP contribution in [0.1, 0.15) is 27.5 Å². The lowest BCUT2D eigenvalue weighted by molar-refractivity contribution is 0.0941. The van der Waals surface area contributed by atoms with Crippen LogP contribution in [-0.4, -0.2) is 31.4 Å². The highest BCUT2D eigenvalue weighted by Crippen LogP contribution is 2.18. The van der Waals surface area contributed by atoms with Crippen LogP contribution in [0.3, 0.4) is 0 Å². The van der Waals surface area contributed by atoms with Gasteiger partial charge in [-0.05, 0) is 50.3 Å². The molecule has 0 saturated carbocycles. The van der Waals surface area contributed by atoms with Gasteiger partial charge in [-0.2, -0.15) is 0 Å². The minimum Gasteiger partial charge on any atom is -0.350 e. The van der Waals surface area contributed by atoms with Crippen molar-refractivity contribution >= 4 is 5.91 Å². The fraction of sp³-hybridized carbons (Fsp3) is 0.278. The SMILES string of the molecule is Cc1ccccc1C(=O)NCC(c1cccc(F)c1)N(C)C. The number of nitrogens with one attached hydrogen (secondary N) is 1. The standard InChI is InChI=1S/C18H21FN2O/c1-13-7-4-5-10-16(13)18(22)20-12-17(21(2)3)14-8-6-9-15(19)11-14/h4-11,17H,12H2,1-3H3,(H,20,22). The van der Waals surface area contributed by atoms with Gasteiger partial charge < -0.3 is 10.2 Å². The molecule has 0 aliphatic carbocycles. The number of hydrogen-bond acceptors (Lipinski definition) is 2. The first-order valence-corrected chi connectivity index (χ1v) is 7.24. The molecule has 116 valence electrons.